The Morgan fingerprint density at radius 3 is 2.87 bits per heavy atom. The van der Waals surface area contributed by atoms with Gasteiger partial charge in [-0.25, -0.2) is 4.79 Å². The first kappa shape index (κ1) is 9.79. The number of pyridine rings is 1. The van der Waals surface area contributed by atoms with Crippen LogP contribution in [-0.2, 0) is 4.74 Å². The van der Waals surface area contributed by atoms with E-state index in [0.29, 0.717) is 5.56 Å². The topological polar surface area (TPSA) is 52.1 Å². The van der Waals surface area contributed by atoms with Crippen molar-refractivity contribution >= 4 is 17.3 Å². The summed E-state index contributed by atoms with van der Waals surface area (Å²) in [5.41, 5.74) is 3.06. The van der Waals surface area contributed by atoms with Crippen molar-refractivity contribution in [3.05, 3.63) is 35.7 Å². The summed E-state index contributed by atoms with van der Waals surface area (Å²) in [6, 6.07) is 1.74. The minimum absolute atomic E-state index is 0.381. The number of carbonyl (C=O) groups excluding carboxylic acids is 1. The Morgan fingerprint density at radius 2 is 2.20 bits per heavy atom. The first-order valence-electron chi connectivity index (χ1n) is 4.23. The van der Waals surface area contributed by atoms with E-state index >= 15 is 0 Å². The van der Waals surface area contributed by atoms with E-state index in [2.05, 4.69) is 14.7 Å². The Labute approximate surface area is 90.6 Å². The fourth-order valence-corrected chi connectivity index (χ4v) is 1.77. The highest BCUT2D eigenvalue weighted by molar-refractivity contribution is 7.13. The summed E-state index contributed by atoms with van der Waals surface area (Å²) in [4.78, 5) is 20.2. The summed E-state index contributed by atoms with van der Waals surface area (Å²) in [6.45, 7) is 0. The summed E-state index contributed by atoms with van der Waals surface area (Å²) < 4.78 is 4.62. The van der Waals surface area contributed by atoms with Crippen LogP contribution in [0.5, 0.6) is 0 Å². The minimum Gasteiger partial charge on any atom is -0.465 e. The van der Waals surface area contributed by atoms with Crippen LogP contribution in [0.2, 0.25) is 0 Å². The minimum atomic E-state index is -0.381. The second-order valence-electron chi connectivity index (χ2n) is 2.82. The number of ether oxygens (including phenoxy) is 1. The quantitative estimate of drug-likeness (QED) is 0.726. The van der Waals surface area contributed by atoms with Gasteiger partial charge in [0.2, 0.25) is 0 Å². The molecular weight excluding hydrogens is 212 g/mol. The van der Waals surface area contributed by atoms with Crippen molar-refractivity contribution in [2.24, 2.45) is 0 Å². The van der Waals surface area contributed by atoms with Gasteiger partial charge in [0.05, 0.1) is 23.1 Å². The first-order valence-corrected chi connectivity index (χ1v) is 5.11. The zero-order chi connectivity index (χ0) is 10.7. The van der Waals surface area contributed by atoms with Gasteiger partial charge in [-0.3, -0.25) is 9.97 Å². The summed E-state index contributed by atoms with van der Waals surface area (Å²) in [5.74, 6) is -0.381. The summed E-state index contributed by atoms with van der Waals surface area (Å²) in [7, 11) is 1.35. The van der Waals surface area contributed by atoms with Crippen molar-refractivity contribution in [1.82, 2.24) is 9.97 Å². The van der Waals surface area contributed by atoms with E-state index in [-0.39, 0.29) is 5.97 Å². The van der Waals surface area contributed by atoms with E-state index in [9.17, 15) is 4.79 Å². The zero-order valence-electron chi connectivity index (χ0n) is 8.01. The summed E-state index contributed by atoms with van der Waals surface area (Å²) >= 11 is 1.50. The second-order valence-corrected chi connectivity index (χ2v) is 3.71. The number of carbonyl (C=O) groups is 1. The second kappa shape index (κ2) is 4.18. The SMILES string of the molecule is COC(=O)c1cncc(-c2cncs2)c1. The lowest BCUT2D eigenvalue weighted by Gasteiger charge is -2.00. The molecule has 0 saturated heterocycles. The molecule has 2 rings (SSSR count). The molecule has 5 heteroatoms. The molecule has 0 saturated carbocycles. The zero-order valence-corrected chi connectivity index (χ0v) is 8.82. The molecule has 0 amide bonds. The summed E-state index contributed by atoms with van der Waals surface area (Å²) in [5, 5.41) is 0. The molecule has 0 bridgehead atoms. The normalized spacial score (nSPS) is 9.93. The average molecular weight is 220 g/mol. The van der Waals surface area contributed by atoms with Crippen molar-refractivity contribution in [2.45, 2.75) is 0 Å². The third kappa shape index (κ3) is 2.02. The molecule has 0 unspecified atom stereocenters. The lowest BCUT2D eigenvalue weighted by molar-refractivity contribution is 0.0600. The number of thiazole rings is 1. The molecule has 0 aromatic carbocycles. The van der Waals surface area contributed by atoms with Crippen LogP contribution < -0.4 is 0 Å². The lowest BCUT2D eigenvalue weighted by Crippen LogP contribution is -2.01. The highest BCUT2D eigenvalue weighted by Crippen LogP contribution is 2.22. The number of aromatic nitrogens is 2. The number of methoxy groups -OCH3 is 1. The molecule has 0 aliphatic heterocycles. The Kier molecular flexibility index (Phi) is 2.73. The molecule has 0 N–H and O–H groups in total. The van der Waals surface area contributed by atoms with E-state index in [1.165, 1.54) is 24.6 Å². The van der Waals surface area contributed by atoms with Crippen LogP contribution in [0.3, 0.4) is 0 Å². The maximum Gasteiger partial charge on any atom is 0.339 e. The summed E-state index contributed by atoms with van der Waals surface area (Å²) in [6.07, 6.45) is 4.92. The van der Waals surface area contributed by atoms with Gasteiger partial charge >= 0.3 is 5.97 Å². The lowest BCUT2D eigenvalue weighted by atomic mass is 10.2. The number of nitrogens with zero attached hydrogens (tertiary/aromatic N) is 2. The van der Waals surface area contributed by atoms with Gasteiger partial charge in [0.25, 0.3) is 0 Å². The molecular formula is C10H8N2O2S. The van der Waals surface area contributed by atoms with Gasteiger partial charge in [0, 0.05) is 24.2 Å². The van der Waals surface area contributed by atoms with Crippen molar-refractivity contribution in [2.75, 3.05) is 7.11 Å². The third-order valence-corrected chi connectivity index (χ3v) is 2.70. The molecule has 0 aliphatic carbocycles. The molecule has 76 valence electrons. The largest absolute Gasteiger partial charge is 0.465 e. The van der Waals surface area contributed by atoms with Crippen LogP contribution in [0, 0.1) is 0 Å². The van der Waals surface area contributed by atoms with Crippen molar-refractivity contribution < 1.29 is 9.53 Å². The van der Waals surface area contributed by atoms with Gasteiger partial charge in [-0.1, -0.05) is 0 Å². The maximum atomic E-state index is 11.3. The van der Waals surface area contributed by atoms with Crippen LogP contribution in [-0.4, -0.2) is 23.0 Å². The van der Waals surface area contributed by atoms with E-state index in [0.717, 1.165) is 10.4 Å². The number of esters is 1. The average Bonchev–Trinajstić information content (AvgIpc) is 2.82. The van der Waals surface area contributed by atoms with Gasteiger partial charge in [-0.05, 0) is 6.07 Å². The molecule has 0 spiro atoms. The first-order chi connectivity index (χ1) is 7.31. The van der Waals surface area contributed by atoms with E-state index in [1.807, 2.05) is 0 Å². The Morgan fingerprint density at radius 1 is 1.33 bits per heavy atom. The number of hydrogen-bond acceptors (Lipinski definition) is 5. The molecule has 2 aromatic heterocycles. The molecule has 4 nitrogen and oxygen atoms in total. The van der Waals surface area contributed by atoms with Crippen LogP contribution in [0.25, 0.3) is 10.4 Å². The fourth-order valence-electron chi connectivity index (χ4n) is 1.16. The standard InChI is InChI=1S/C10H8N2O2S/c1-14-10(13)8-2-7(3-11-4-8)9-5-12-6-15-9/h2-6H,1H3. The Bertz CT molecular complexity index is 468. The highest BCUT2D eigenvalue weighted by atomic mass is 32.1. The monoisotopic (exact) mass is 220 g/mol. The van der Waals surface area contributed by atoms with Gasteiger partial charge in [0.15, 0.2) is 0 Å². The Hall–Kier alpha value is -1.75. The third-order valence-electron chi connectivity index (χ3n) is 1.88. The smallest absolute Gasteiger partial charge is 0.339 e. The molecule has 0 fully saturated rings. The molecule has 2 heterocycles. The van der Waals surface area contributed by atoms with E-state index in [1.54, 1.807) is 24.0 Å². The Balaban J connectivity index is 2.39. The predicted molar refractivity (Wildman–Crippen MR) is 56.7 cm³/mol. The van der Waals surface area contributed by atoms with Crippen LogP contribution in [0.15, 0.2) is 30.2 Å². The predicted octanol–water partition coefficient (Wildman–Crippen LogP) is 1.99. The van der Waals surface area contributed by atoms with Crippen molar-refractivity contribution in [3.63, 3.8) is 0 Å². The molecule has 0 aliphatic rings. The van der Waals surface area contributed by atoms with E-state index < -0.39 is 0 Å². The van der Waals surface area contributed by atoms with E-state index in [4.69, 9.17) is 0 Å². The fraction of sp³-hybridized carbons (Fsp3) is 0.100. The maximum absolute atomic E-state index is 11.3. The van der Waals surface area contributed by atoms with Gasteiger partial charge in [-0.2, -0.15) is 0 Å². The molecule has 0 radical (unpaired) electrons. The molecule has 2 aromatic rings. The highest BCUT2D eigenvalue weighted by Gasteiger charge is 2.08. The van der Waals surface area contributed by atoms with Crippen LogP contribution in [0.1, 0.15) is 10.4 Å². The van der Waals surface area contributed by atoms with Gasteiger partial charge in [-0.15, -0.1) is 11.3 Å². The number of rotatable bonds is 2. The molecule has 0 atom stereocenters. The van der Waals surface area contributed by atoms with Crippen molar-refractivity contribution in [1.29, 1.82) is 0 Å². The number of hydrogen-bond donors (Lipinski definition) is 0. The van der Waals surface area contributed by atoms with Crippen LogP contribution >= 0.6 is 11.3 Å². The van der Waals surface area contributed by atoms with Gasteiger partial charge < -0.3 is 4.74 Å². The van der Waals surface area contributed by atoms with Gasteiger partial charge in [0.1, 0.15) is 0 Å². The van der Waals surface area contributed by atoms with Crippen LogP contribution in [0.4, 0.5) is 0 Å². The van der Waals surface area contributed by atoms with Crippen molar-refractivity contribution in [3.8, 4) is 10.4 Å². The molecule has 15 heavy (non-hydrogen) atoms.